The number of aromatic nitrogens is 2. The summed E-state index contributed by atoms with van der Waals surface area (Å²) in [4.78, 5) is 36.5. The number of Topliss-reactive ketones (excluding diaryl/α,β-unsaturated/α-hetero) is 1. The zero-order valence-electron chi connectivity index (χ0n) is 13.9. The van der Waals surface area contributed by atoms with Crippen molar-refractivity contribution in [1.29, 1.82) is 10.7 Å². The quantitative estimate of drug-likeness (QED) is 0.535. The molecule has 0 saturated carbocycles. The molecule has 2 rings (SSSR count). The second kappa shape index (κ2) is 8.13. The van der Waals surface area contributed by atoms with E-state index in [0.29, 0.717) is 0 Å². The van der Waals surface area contributed by atoms with Gasteiger partial charge in [0.1, 0.15) is 5.92 Å². The fourth-order valence-corrected chi connectivity index (χ4v) is 2.33. The first-order valence-electron chi connectivity index (χ1n) is 7.66. The topological polar surface area (TPSA) is 146 Å². The third-order valence-corrected chi connectivity index (χ3v) is 3.60. The Bertz CT molecular complexity index is 973. The fraction of sp³-hybridized carbons (Fsp3) is 0.294. The number of carbonyl (C=O) groups excluding carboxylic acids is 2. The van der Waals surface area contributed by atoms with Crippen molar-refractivity contribution in [2.75, 3.05) is 13.2 Å². The Balaban J connectivity index is 2.34. The van der Waals surface area contributed by atoms with Crippen LogP contribution in [-0.2, 0) is 16.1 Å². The Morgan fingerprint density at radius 2 is 2.04 bits per heavy atom. The predicted molar refractivity (Wildman–Crippen MR) is 90.9 cm³/mol. The number of carbonyl (C=O) groups is 2. The molecule has 1 heterocycles. The van der Waals surface area contributed by atoms with Crippen LogP contribution in [0.4, 0.5) is 0 Å². The lowest BCUT2D eigenvalue weighted by Crippen LogP contribution is -2.29. The maximum absolute atomic E-state index is 12.4. The molecule has 1 unspecified atom stereocenters. The summed E-state index contributed by atoms with van der Waals surface area (Å²) in [6, 6.07) is 7.94. The van der Waals surface area contributed by atoms with E-state index < -0.39 is 29.8 Å². The first-order chi connectivity index (χ1) is 12.4. The zero-order chi connectivity index (χ0) is 19.3. The van der Waals surface area contributed by atoms with Gasteiger partial charge in [-0.1, -0.05) is 18.2 Å². The number of ketones is 1. The lowest BCUT2D eigenvalue weighted by atomic mass is 10.0. The molecule has 1 atom stereocenters. The summed E-state index contributed by atoms with van der Waals surface area (Å²) in [5, 5.41) is 29.7. The third-order valence-electron chi connectivity index (χ3n) is 3.60. The summed E-state index contributed by atoms with van der Waals surface area (Å²) in [5.74, 6) is -2.95. The molecule has 1 aromatic carbocycles. The van der Waals surface area contributed by atoms with Gasteiger partial charge in [0, 0.05) is 11.1 Å². The van der Waals surface area contributed by atoms with E-state index in [0.717, 1.165) is 4.68 Å². The minimum Gasteiger partial charge on any atom is -0.453 e. The molecule has 0 amide bonds. The molecule has 1 aromatic heterocycles. The minimum atomic E-state index is -1.28. The summed E-state index contributed by atoms with van der Waals surface area (Å²) < 4.78 is 5.87. The zero-order valence-corrected chi connectivity index (χ0v) is 13.9. The first kappa shape index (κ1) is 19.0. The standard InChI is InChI=1S/C17H16N4O5/c1-10(19)13(8-18)14(23)9-26-17(25)15-11-4-2-3-5-12(11)16(24)21(20-15)6-7-22/h2-5,13,19,22H,6-7,9H2,1H3. The number of hydrogen-bond acceptors (Lipinski definition) is 8. The average Bonchev–Trinajstić information content (AvgIpc) is 2.62. The number of aliphatic hydroxyl groups excluding tert-OH is 1. The summed E-state index contributed by atoms with van der Waals surface area (Å²) in [5.41, 5.74) is -0.790. The number of hydrogen-bond donors (Lipinski definition) is 2. The van der Waals surface area contributed by atoms with Crippen LogP contribution in [0, 0.1) is 22.7 Å². The van der Waals surface area contributed by atoms with Crippen molar-refractivity contribution < 1.29 is 19.4 Å². The van der Waals surface area contributed by atoms with Crippen LogP contribution in [0.3, 0.4) is 0 Å². The Hall–Kier alpha value is -3.38. The van der Waals surface area contributed by atoms with Gasteiger partial charge in [-0.05, 0) is 13.0 Å². The molecule has 0 spiro atoms. The van der Waals surface area contributed by atoms with Gasteiger partial charge in [0.2, 0.25) is 0 Å². The summed E-state index contributed by atoms with van der Waals surface area (Å²) in [6.07, 6.45) is 0. The van der Waals surface area contributed by atoms with Gasteiger partial charge in [0.25, 0.3) is 5.56 Å². The first-order valence-corrected chi connectivity index (χ1v) is 7.66. The highest BCUT2D eigenvalue weighted by atomic mass is 16.5. The van der Waals surface area contributed by atoms with Gasteiger partial charge in [0.15, 0.2) is 18.1 Å². The van der Waals surface area contributed by atoms with Crippen molar-refractivity contribution in [2.24, 2.45) is 5.92 Å². The number of aliphatic hydroxyl groups is 1. The van der Waals surface area contributed by atoms with Gasteiger partial charge in [0.05, 0.1) is 24.6 Å². The van der Waals surface area contributed by atoms with Crippen molar-refractivity contribution >= 4 is 28.2 Å². The molecule has 134 valence electrons. The summed E-state index contributed by atoms with van der Waals surface area (Å²) in [6.45, 7) is 0.170. The second-order valence-electron chi connectivity index (χ2n) is 5.43. The summed E-state index contributed by atoms with van der Waals surface area (Å²) in [7, 11) is 0. The van der Waals surface area contributed by atoms with Crippen molar-refractivity contribution in [2.45, 2.75) is 13.5 Å². The maximum atomic E-state index is 12.4. The Morgan fingerprint density at radius 3 is 2.62 bits per heavy atom. The van der Waals surface area contributed by atoms with E-state index in [4.69, 9.17) is 20.5 Å². The van der Waals surface area contributed by atoms with E-state index in [1.807, 2.05) is 0 Å². The van der Waals surface area contributed by atoms with Crippen LogP contribution in [0.5, 0.6) is 0 Å². The number of benzene rings is 1. The molecule has 2 aromatic rings. The number of nitrogens with zero attached hydrogens (tertiary/aromatic N) is 3. The number of nitriles is 1. The van der Waals surface area contributed by atoms with Crippen LogP contribution in [-0.4, -0.2) is 45.6 Å². The highest BCUT2D eigenvalue weighted by Gasteiger charge is 2.23. The molecule has 26 heavy (non-hydrogen) atoms. The molecule has 0 saturated heterocycles. The van der Waals surface area contributed by atoms with E-state index in [2.05, 4.69) is 5.10 Å². The Labute approximate surface area is 147 Å². The molecule has 2 N–H and O–H groups in total. The van der Waals surface area contributed by atoms with E-state index >= 15 is 0 Å². The molecule has 0 aliphatic rings. The molecular weight excluding hydrogens is 340 g/mol. The molecule has 0 bridgehead atoms. The van der Waals surface area contributed by atoms with E-state index in [1.54, 1.807) is 18.2 Å². The number of esters is 1. The number of nitrogens with one attached hydrogen (secondary N) is 1. The summed E-state index contributed by atoms with van der Waals surface area (Å²) >= 11 is 0. The largest absolute Gasteiger partial charge is 0.453 e. The minimum absolute atomic E-state index is 0.105. The monoisotopic (exact) mass is 356 g/mol. The van der Waals surface area contributed by atoms with Gasteiger partial charge < -0.3 is 15.3 Å². The van der Waals surface area contributed by atoms with E-state index in [-0.39, 0.29) is 35.3 Å². The smallest absolute Gasteiger partial charge is 0.359 e. The maximum Gasteiger partial charge on any atom is 0.359 e. The van der Waals surface area contributed by atoms with Crippen LogP contribution < -0.4 is 5.56 Å². The number of fused-ring (bicyclic) bond motifs is 1. The molecular formula is C17H16N4O5. The van der Waals surface area contributed by atoms with Gasteiger partial charge >= 0.3 is 5.97 Å². The molecule has 9 heteroatoms. The van der Waals surface area contributed by atoms with Gasteiger partial charge in [-0.3, -0.25) is 9.59 Å². The highest BCUT2D eigenvalue weighted by molar-refractivity contribution is 6.07. The SMILES string of the molecule is CC(=N)C(C#N)C(=O)COC(=O)c1nn(CCO)c(=O)c2ccccc12. The molecule has 0 aliphatic carbocycles. The normalized spacial score (nSPS) is 11.6. The molecule has 9 nitrogen and oxygen atoms in total. The lowest BCUT2D eigenvalue weighted by molar-refractivity contribution is -0.122. The number of ether oxygens (including phenoxy) is 1. The van der Waals surface area contributed by atoms with Crippen LogP contribution in [0.25, 0.3) is 10.8 Å². The van der Waals surface area contributed by atoms with Crippen molar-refractivity contribution in [1.82, 2.24) is 9.78 Å². The average molecular weight is 356 g/mol. The second-order valence-corrected chi connectivity index (χ2v) is 5.43. The fourth-order valence-electron chi connectivity index (χ4n) is 2.33. The van der Waals surface area contributed by atoms with Crippen LogP contribution >= 0.6 is 0 Å². The van der Waals surface area contributed by atoms with Crippen LogP contribution in [0.2, 0.25) is 0 Å². The van der Waals surface area contributed by atoms with Crippen LogP contribution in [0.15, 0.2) is 29.1 Å². The van der Waals surface area contributed by atoms with Crippen molar-refractivity contribution in [3.63, 3.8) is 0 Å². The number of rotatable bonds is 7. The third kappa shape index (κ3) is 3.81. The van der Waals surface area contributed by atoms with Crippen LogP contribution in [0.1, 0.15) is 17.4 Å². The highest BCUT2D eigenvalue weighted by Crippen LogP contribution is 2.14. The van der Waals surface area contributed by atoms with E-state index in [1.165, 1.54) is 19.1 Å². The van der Waals surface area contributed by atoms with Gasteiger partial charge in [-0.15, -0.1) is 0 Å². The van der Waals surface area contributed by atoms with Gasteiger partial charge in [-0.25, -0.2) is 9.48 Å². The lowest BCUT2D eigenvalue weighted by Gasteiger charge is -2.11. The van der Waals surface area contributed by atoms with Crippen molar-refractivity contribution in [3.8, 4) is 6.07 Å². The van der Waals surface area contributed by atoms with Gasteiger partial charge in [-0.2, -0.15) is 10.4 Å². The van der Waals surface area contributed by atoms with Crippen molar-refractivity contribution in [3.05, 3.63) is 40.3 Å². The molecule has 0 radical (unpaired) electrons. The molecule has 0 aliphatic heterocycles. The Morgan fingerprint density at radius 1 is 1.38 bits per heavy atom. The Kier molecular flexibility index (Phi) is 5.93. The molecule has 0 fully saturated rings. The van der Waals surface area contributed by atoms with E-state index in [9.17, 15) is 14.4 Å². The predicted octanol–water partition coefficient (Wildman–Crippen LogP) is 0.294.